The molecule has 0 saturated heterocycles. The fourth-order valence-corrected chi connectivity index (χ4v) is 3.52. The van der Waals surface area contributed by atoms with Crippen molar-refractivity contribution in [1.82, 2.24) is 20.1 Å². The molecule has 2 aromatic rings. The lowest BCUT2D eigenvalue weighted by Gasteiger charge is -2.08. The summed E-state index contributed by atoms with van der Waals surface area (Å²) in [5, 5.41) is 10.5. The maximum Gasteiger partial charge on any atom is 0.252 e. The maximum absolute atomic E-state index is 12.2. The quantitative estimate of drug-likeness (QED) is 0.572. The van der Waals surface area contributed by atoms with Crippen molar-refractivity contribution in [1.29, 1.82) is 0 Å². The summed E-state index contributed by atoms with van der Waals surface area (Å²) < 4.78 is 3.42. The van der Waals surface area contributed by atoms with Crippen LogP contribution < -0.4 is 5.32 Å². The van der Waals surface area contributed by atoms with E-state index in [-0.39, 0.29) is 5.91 Å². The molecule has 1 aromatic heterocycles. The average molecular weight is 435 g/mol. The summed E-state index contributed by atoms with van der Waals surface area (Å²) >= 11 is 13.2. The lowest BCUT2D eigenvalue weighted by molar-refractivity contribution is 0.0948. The molecule has 0 atom stereocenters. The van der Waals surface area contributed by atoms with Gasteiger partial charge in [-0.25, -0.2) is 0 Å². The summed E-state index contributed by atoms with van der Waals surface area (Å²) in [6.07, 6.45) is 2.23. The number of nitrogens with zero attached hydrogens (tertiary/aromatic N) is 2. The standard InChI is InChI=1S/C13H12ClIN4OS/c14-7-1-4-9(10(15)5-7)12(20)16-6-11-17-18-13(21)19(11)8-2-3-8/h1,4-5,8H,2-3,6H2,(H,16,20)(H,18,21). The molecule has 110 valence electrons. The molecular formula is C13H12ClIN4OS. The van der Waals surface area contributed by atoms with Crippen LogP contribution in [0.5, 0.6) is 0 Å². The Morgan fingerprint density at radius 3 is 3.00 bits per heavy atom. The molecule has 1 aromatic carbocycles. The SMILES string of the molecule is O=C(NCc1n[nH]c(=S)n1C1CC1)c1ccc(Cl)cc1I. The van der Waals surface area contributed by atoms with Crippen molar-refractivity contribution in [2.24, 2.45) is 0 Å². The van der Waals surface area contributed by atoms with Gasteiger partial charge in [-0.05, 0) is 65.8 Å². The van der Waals surface area contributed by atoms with Crippen molar-refractivity contribution in [2.45, 2.75) is 25.4 Å². The number of benzene rings is 1. The zero-order valence-electron chi connectivity index (χ0n) is 10.9. The van der Waals surface area contributed by atoms with Gasteiger partial charge >= 0.3 is 0 Å². The maximum atomic E-state index is 12.2. The van der Waals surface area contributed by atoms with Crippen LogP contribution in [-0.2, 0) is 6.54 Å². The molecule has 1 amide bonds. The number of carbonyl (C=O) groups is 1. The van der Waals surface area contributed by atoms with Crippen LogP contribution in [0.25, 0.3) is 0 Å². The smallest absolute Gasteiger partial charge is 0.252 e. The zero-order valence-corrected chi connectivity index (χ0v) is 14.6. The molecule has 0 aliphatic heterocycles. The van der Waals surface area contributed by atoms with Crippen molar-refractivity contribution in [2.75, 3.05) is 0 Å². The molecule has 1 fully saturated rings. The third-order valence-corrected chi connectivity index (χ3v) is 4.69. The molecule has 21 heavy (non-hydrogen) atoms. The highest BCUT2D eigenvalue weighted by Gasteiger charge is 2.27. The highest BCUT2D eigenvalue weighted by Crippen LogP contribution is 2.35. The molecule has 0 spiro atoms. The molecule has 3 rings (SSSR count). The Morgan fingerprint density at radius 1 is 1.57 bits per heavy atom. The van der Waals surface area contributed by atoms with Crippen LogP contribution in [-0.4, -0.2) is 20.7 Å². The van der Waals surface area contributed by atoms with Gasteiger partial charge in [-0.3, -0.25) is 14.5 Å². The van der Waals surface area contributed by atoms with Gasteiger partial charge in [-0.2, -0.15) is 5.10 Å². The molecule has 8 heteroatoms. The van der Waals surface area contributed by atoms with Crippen LogP contribution in [0.2, 0.25) is 5.02 Å². The predicted octanol–water partition coefficient (Wildman–Crippen LogP) is 3.46. The third kappa shape index (κ3) is 3.29. The van der Waals surface area contributed by atoms with Crippen molar-refractivity contribution >= 4 is 52.3 Å². The number of H-pyrrole nitrogens is 1. The minimum Gasteiger partial charge on any atom is -0.345 e. The van der Waals surface area contributed by atoms with Crippen molar-refractivity contribution in [3.63, 3.8) is 0 Å². The van der Waals surface area contributed by atoms with Crippen molar-refractivity contribution in [3.8, 4) is 0 Å². The van der Waals surface area contributed by atoms with E-state index in [4.69, 9.17) is 23.8 Å². The summed E-state index contributed by atoms with van der Waals surface area (Å²) in [5.41, 5.74) is 0.604. The lowest BCUT2D eigenvalue weighted by Crippen LogP contribution is -2.25. The Hall–Kier alpha value is -0.930. The Kier molecular flexibility index (Phi) is 4.32. The highest BCUT2D eigenvalue weighted by molar-refractivity contribution is 14.1. The van der Waals surface area contributed by atoms with E-state index in [2.05, 4.69) is 38.1 Å². The largest absolute Gasteiger partial charge is 0.345 e. The summed E-state index contributed by atoms with van der Waals surface area (Å²) in [4.78, 5) is 12.2. The molecule has 1 heterocycles. The Labute approximate surface area is 145 Å². The third-order valence-electron chi connectivity index (χ3n) is 3.27. The normalized spacial score (nSPS) is 14.2. The van der Waals surface area contributed by atoms with Crippen LogP contribution in [0, 0.1) is 8.34 Å². The van der Waals surface area contributed by atoms with E-state index in [1.165, 1.54) is 0 Å². The molecule has 5 nitrogen and oxygen atoms in total. The predicted molar refractivity (Wildman–Crippen MR) is 91.0 cm³/mol. The van der Waals surface area contributed by atoms with Gasteiger partial charge < -0.3 is 5.32 Å². The number of halogens is 2. The number of amides is 1. The van der Waals surface area contributed by atoms with E-state index >= 15 is 0 Å². The van der Waals surface area contributed by atoms with Gasteiger partial charge in [0.05, 0.1) is 12.1 Å². The summed E-state index contributed by atoms with van der Waals surface area (Å²) in [5.74, 6) is 0.618. The van der Waals surface area contributed by atoms with E-state index in [0.717, 1.165) is 22.2 Å². The van der Waals surface area contributed by atoms with Crippen LogP contribution in [0.3, 0.4) is 0 Å². The molecule has 0 bridgehead atoms. The van der Waals surface area contributed by atoms with E-state index in [1.54, 1.807) is 18.2 Å². The summed E-state index contributed by atoms with van der Waals surface area (Å²) in [7, 11) is 0. The van der Waals surface area contributed by atoms with Gasteiger partial charge in [0.25, 0.3) is 5.91 Å². The average Bonchev–Trinajstić information content (AvgIpc) is 3.20. The van der Waals surface area contributed by atoms with Crippen LogP contribution >= 0.6 is 46.4 Å². The van der Waals surface area contributed by atoms with Gasteiger partial charge in [0.15, 0.2) is 10.6 Å². The number of nitrogens with one attached hydrogen (secondary N) is 2. The molecular weight excluding hydrogens is 423 g/mol. The number of aromatic nitrogens is 3. The second kappa shape index (κ2) is 6.05. The highest BCUT2D eigenvalue weighted by atomic mass is 127. The first-order valence-electron chi connectivity index (χ1n) is 6.45. The van der Waals surface area contributed by atoms with Crippen molar-refractivity contribution in [3.05, 3.63) is 43.0 Å². The van der Waals surface area contributed by atoms with Gasteiger partial charge in [0.1, 0.15) is 0 Å². The van der Waals surface area contributed by atoms with Gasteiger partial charge in [0.2, 0.25) is 0 Å². The molecule has 0 unspecified atom stereocenters. The first kappa shape index (κ1) is 15.0. The van der Waals surface area contributed by atoms with E-state index in [1.807, 2.05) is 4.57 Å². The van der Waals surface area contributed by atoms with Gasteiger partial charge in [-0.15, -0.1) is 0 Å². The second-order valence-electron chi connectivity index (χ2n) is 4.85. The van der Waals surface area contributed by atoms with E-state index in [9.17, 15) is 4.79 Å². The monoisotopic (exact) mass is 434 g/mol. The number of aromatic amines is 1. The molecule has 1 saturated carbocycles. The van der Waals surface area contributed by atoms with E-state index < -0.39 is 0 Å². The van der Waals surface area contributed by atoms with Gasteiger partial charge in [-0.1, -0.05) is 11.6 Å². The fourth-order valence-electron chi connectivity index (χ4n) is 2.10. The van der Waals surface area contributed by atoms with Gasteiger partial charge in [0, 0.05) is 14.6 Å². The first-order chi connectivity index (χ1) is 10.1. The molecule has 1 aliphatic carbocycles. The van der Waals surface area contributed by atoms with Crippen molar-refractivity contribution < 1.29 is 4.79 Å². The zero-order chi connectivity index (χ0) is 15.0. The lowest BCUT2D eigenvalue weighted by atomic mass is 10.2. The Morgan fingerprint density at radius 2 is 2.33 bits per heavy atom. The molecule has 0 radical (unpaired) electrons. The summed E-state index contributed by atoms with van der Waals surface area (Å²) in [6.45, 7) is 0.348. The minimum atomic E-state index is -0.146. The molecule has 2 N–H and O–H groups in total. The van der Waals surface area contributed by atoms with Crippen LogP contribution in [0.4, 0.5) is 0 Å². The molecule has 1 aliphatic rings. The van der Waals surface area contributed by atoms with Crippen LogP contribution in [0.1, 0.15) is 35.1 Å². The number of rotatable bonds is 4. The number of carbonyl (C=O) groups excluding carboxylic acids is 1. The topological polar surface area (TPSA) is 62.7 Å². The summed E-state index contributed by atoms with van der Waals surface area (Å²) in [6, 6.07) is 5.62. The minimum absolute atomic E-state index is 0.146. The first-order valence-corrected chi connectivity index (χ1v) is 8.32. The Balaban J connectivity index is 1.73. The Bertz CT molecular complexity index is 753. The van der Waals surface area contributed by atoms with Crippen LogP contribution in [0.15, 0.2) is 18.2 Å². The van der Waals surface area contributed by atoms with E-state index in [0.29, 0.717) is 27.9 Å². The second-order valence-corrected chi connectivity index (χ2v) is 6.84. The number of hydrogen-bond donors (Lipinski definition) is 2. The number of hydrogen-bond acceptors (Lipinski definition) is 3. The fraction of sp³-hybridized carbons (Fsp3) is 0.308.